The van der Waals surface area contributed by atoms with Gasteiger partial charge in [0.1, 0.15) is 7.14 Å². The van der Waals surface area contributed by atoms with E-state index in [9.17, 15) is 4.57 Å². The summed E-state index contributed by atoms with van der Waals surface area (Å²) < 4.78 is 14.9. The van der Waals surface area contributed by atoms with Gasteiger partial charge in [0.15, 0.2) is 0 Å². The summed E-state index contributed by atoms with van der Waals surface area (Å²) >= 11 is 3.45. The first-order valence-corrected chi connectivity index (χ1v) is 9.82. The van der Waals surface area contributed by atoms with Gasteiger partial charge in [-0.2, -0.15) is 0 Å². The molecular weight excluding hydrogens is 355 g/mol. The summed E-state index contributed by atoms with van der Waals surface area (Å²) in [6, 6.07) is 27.6. The number of hydrogen-bond donors (Lipinski definition) is 0. The van der Waals surface area contributed by atoms with Crippen LogP contribution in [-0.4, -0.2) is 0 Å². The third-order valence-corrected chi connectivity index (χ3v) is 7.27. The van der Waals surface area contributed by atoms with Gasteiger partial charge in [0.2, 0.25) is 0 Å². The molecule has 3 rings (SSSR count). The Morgan fingerprint density at radius 2 is 1.14 bits per heavy atom. The van der Waals surface area contributed by atoms with Crippen LogP contribution in [-0.2, 0) is 10.7 Å². The lowest BCUT2D eigenvalue weighted by Gasteiger charge is -2.19. The highest BCUT2D eigenvalue weighted by atomic mass is 79.9. The van der Waals surface area contributed by atoms with Crippen molar-refractivity contribution in [2.24, 2.45) is 0 Å². The lowest BCUT2D eigenvalue weighted by Crippen LogP contribution is -2.17. The Hall–Kier alpha value is -1.63. The maximum absolute atomic E-state index is 13.9. The average molecular weight is 371 g/mol. The van der Waals surface area contributed by atoms with Crippen molar-refractivity contribution in [2.45, 2.75) is 6.16 Å². The Balaban J connectivity index is 2.08. The molecule has 0 unspecified atom stereocenters. The van der Waals surface area contributed by atoms with E-state index >= 15 is 0 Å². The summed E-state index contributed by atoms with van der Waals surface area (Å²) in [6.45, 7) is 0. The summed E-state index contributed by atoms with van der Waals surface area (Å²) in [5.74, 6) is 0. The summed E-state index contributed by atoms with van der Waals surface area (Å²) in [7, 11) is -2.68. The molecule has 1 nitrogen and oxygen atoms in total. The molecule has 3 aromatic rings. The molecule has 3 aromatic carbocycles. The molecule has 0 spiro atoms. The summed E-state index contributed by atoms with van der Waals surface area (Å²) in [5.41, 5.74) is 1.08. The molecule has 0 fully saturated rings. The van der Waals surface area contributed by atoms with Crippen molar-refractivity contribution >= 4 is 33.7 Å². The molecule has 0 radical (unpaired) electrons. The second kappa shape index (κ2) is 6.64. The van der Waals surface area contributed by atoms with Crippen molar-refractivity contribution in [3.8, 4) is 0 Å². The van der Waals surface area contributed by atoms with Gasteiger partial charge in [0.25, 0.3) is 0 Å². The van der Waals surface area contributed by atoms with Crippen molar-refractivity contribution in [3.63, 3.8) is 0 Å². The van der Waals surface area contributed by atoms with Crippen LogP contribution >= 0.6 is 23.1 Å². The van der Waals surface area contributed by atoms with Crippen LogP contribution in [0.15, 0.2) is 89.4 Å². The molecule has 0 saturated carbocycles. The predicted octanol–water partition coefficient (Wildman–Crippen LogP) is 4.96. The number of benzene rings is 3. The van der Waals surface area contributed by atoms with Crippen LogP contribution in [0.1, 0.15) is 5.56 Å². The minimum absolute atomic E-state index is 0.536. The van der Waals surface area contributed by atoms with Crippen LogP contribution in [0, 0.1) is 0 Å². The average Bonchev–Trinajstić information content (AvgIpc) is 2.58. The van der Waals surface area contributed by atoms with Gasteiger partial charge in [-0.25, -0.2) is 0 Å². The summed E-state index contributed by atoms with van der Waals surface area (Å²) in [6.07, 6.45) is 0.536. The molecule has 0 heterocycles. The van der Waals surface area contributed by atoms with Gasteiger partial charge in [-0.1, -0.05) is 88.7 Å². The van der Waals surface area contributed by atoms with E-state index in [1.165, 1.54) is 0 Å². The van der Waals surface area contributed by atoms with E-state index in [1.807, 2.05) is 84.9 Å². The molecule has 0 saturated heterocycles. The Bertz CT molecular complexity index is 739. The fourth-order valence-electron chi connectivity index (χ4n) is 2.52. The van der Waals surface area contributed by atoms with Crippen LogP contribution in [0.25, 0.3) is 0 Å². The highest BCUT2D eigenvalue weighted by Gasteiger charge is 2.27. The Kier molecular flexibility index (Phi) is 4.61. The third kappa shape index (κ3) is 3.24. The van der Waals surface area contributed by atoms with Crippen LogP contribution < -0.4 is 10.6 Å². The standard InChI is InChI=1S/C19H16BrOP/c20-17-13-11-16(12-14-17)15-22(21,18-7-3-1-4-8-18)19-9-5-2-6-10-19/h1-14H,15H2. The van der Waals surface area contributed by atoms with E-state index in [4.69, 9.17) is 0 Å². The van der Waals surface area contributed by atoms with E-state index in [1.54, 1.807) is 0 Å². The fourth-order valence-corrected chi connectivity index (χ4v) is 5.48. The van der Waals surface area contributed by atoms with Gasteiger partial charge in [-0.15, -0.1) is 0 Å². The molecule has 0 bridgehead atoms. The Morgan fingerprint density at radius 1 is 0.682 bits per heavy atom. The molecule has 110 valence electrons. The second-order valence-corrected chi connectivity index (χ2v) is 8.94. The van der Waals surface area contributed by atoms with E-state index in [0.29, 0.717) is 6.16 Å². The van der Waals surface area contributed by atoms with Gasteiger partial charge in [0.05, 0.1) is 0 Å². The highest BCUT2D eigenvalue weighted by Crippen LogP contribution is 2.46. The third-order valence-electron chi connectivity index (χ3n) is 3.67. The highest BCUT2D eigenvalue weighted by molar-refractivity contribution is 9.10. The first kappa shape index (κ1) is 15.3. The molecule has 0 atom stereocenters. The van der Waals surface area contributed by atoms with Crippen molar-refractivity contribution in [1.82, 2.24) is 0 Å². The molecular formula is C19H16BrOP. The van der Waals surface area contributed by atoms with Crippen LogP contribution in [0.2, 0.25) is 0 Å². The number of rotatable bonds is 4. The topological polar surface area (TPSA) is 17.1 Å². The number of halogens is 1. The van der Waals surface area contributed by atoms with E-state index in [-0.39, 0.29) is 0 Å². The van der Waals surface area contributed by atoms with Gasteiger partial charge in [0, 0.05) is 21.2 Å². The molecule has 22 heavy (non-hydrogen) atoms. The molecule has 0 amide bonds. The Morgan fingerprint density at radius 3 is 1.59 bits per heavy atom. The molecule has 0 aliphatic carbocycles. The quantitative estimate of drug-likeness (QED) is 0.593. The Labute approximate surface area is 139 Å². The normalized spacial score (nSPS) is 11.3. The first-order chi connectivity index (χ1) is 10.7. The maximum atomic E-state index is 13.9. The van der Waals surface area contributed by atoms with Gasteiger partial charge in [-0.05, 0) is 17.7 Å². The van der Waals surface area contributed by atoms with Crippen LogP contribution in [0.4, 0.5) is 0 Å². The van der Waals surface area contributed by atoms with Crippen LogP contribution in [0.3, 0.4) is 0 Å². The van der Waals surface area contributed by atoms with Crippen LogP contribution in [0.5, 0.6) is 0 Å². The zero-order valence-electron chi connectivity index (χ0n) is 12.0. The second-order valence-electron chi connectivity index (χ2n) is 5.20. The number of hydrogen-bond acceptors (Lipinski definition) is 1. The lowest BCUT2D eigenvalue weighted by atomic mass is 10.2. The summed E-state index contributed by atoms with van der Waals surface area (Å²) in [5, 5.41) is 1.81. The zero-order valence-corrected chi connectivity index (χ0v) is 14.5. The molecule has 0 N–H and O–H groups in total. The largest absolute Gasteiger partial charge is 0.313 e. The summed E-state index contributed by atoms with van der Waals surface area (Å²) in [4.78, 5) is 0. The lowest BCUT2D eigenvalue weighted by molar-refractivity contribution is 0.586. The van der Waals surface area contributed by atoms with E-state index in [2.05, 4.69) is 15.9 Å². The minimum Gasteiger partial charge on any atom is -0.313 e. The first-order valence-electron chi connectivity index (χ1n) is 7.13. The molecule has 0 aliphatic rings. The van der Waals surface area contributed by atoms with E-state index in [0.717, 1.165) is 20.6 Å². The van der Waals surface area contributed by atoms with Crippen molar-refractivity contribution < 1.29 is 4.57 Å². The minimum atomic E-state index is -2.68. The SMILES string of the molecule is O=P(Cc1ccc(Br)cc1)(c1ccccc1)c1ccccc1. The maximum Gasteiger partial charge on any atom is 0.147 e. The van der Waals surface area contributed by atoms with Gasteiger partial charge in [-0.3, -0.25) is 0 Å². The van der Waals surface area contributed by atoms with Crippen molar-refractivity contribution in [3.05, 3.63) is 95.0 Å². The van der Waals surface area contributed by atoms with Gasteiger partial charge >= 0.3 is 0 Å². The molecule has 0 aliphatic heterocycles. The zero-order chi connectivity index (χ0) is 15.4. The smallest absolute Gasteiger partial charge is 0.147 e. The van der Waals surface area contributed by atoms with Crippen molar-refractivity contribution in [1.29, 1.82) is 0 Å². The van der Waals surface area contributed by atoms with Crippen molar-refractivity contribution in [2.75, 3.05) is 0 Å². The fraction of sp³-hybridized carbons (Fsp3) is 0.0526. The van der Waals surface area contributed by atoms with E-state index < -0.39 is 7.14 Å². The molecule has 0 aromatic heterocycles. The molecule has 3 heteroatoms. The predicted molar refractivity (Wildman–Crippen MR) is 97.6 cm³/mol. The monoisotopic (exact) mass is 370 g/mol. The van der Waals surface area contributed by atoms with Gasteiger partial charge < -0.3 is 4.57 Å².